The zero-order chi connectivity index (χ0) is 45.7. The fourth-order valence-electron chi connectivity index (χ4n) is 7.28. The number of ether oxygens (including phenoxy) is 7. The van der Waals surface area contributed by atoms with Crippen molar-refractivity contribution in [2.45, 2.75) is 59.2 Å². The second-order valence-electron chi connectivity index (χ2n) is 14.6. The SMILES string of the molecule is CC.COC(=O)c1ccc2c(c1)C(N(N)/C=C(\N)COCCOCCOCCOCCOCCOCC#Cc1cccc3c1CN(C1CCC(=O)NC1=O)C3=O)C(C)CN2C(C)=O. The zero-order valence-electron chi connectivity index (χ0n) is 37.0. The van der Waals surface area contributed by atoms with Crippen molar-refractivity contribution in [1.29, 1.82) is 0 Å². The molecule has 0 aromatic heterocycles. The van der Waals surface area contributed by atoms with Gasteiger partial charge in [-0.1, -0.05) is 38.7 Å². The van der Waals surface area contributed by atoms with Crippen LogP contribution in [-0.4, -0.2) is 138 Å². The van der Waals surface area contributed by atoms with Crippen LogP contribution in [0.15, 0.2) is 48.3 Å². The van der Waals surface area contributed by atoms with Crippen LogP contribution in [0.1, 0.15) is 84.0 Å². The number of nitrogens with two attached hydrogens (primary N) is 2. The van der Waals surface area contributed by atoms with Crippen LogP contribution in [0.2, 0.25) is 0 Å². The number of methoxy groups -OCH3 is 1. The molecule has 1 saturated heterocycles. The summed E-state index contributed by atoms with van der Waals surface area (Å²) in [4.78, 5) is 64.6. The fraction of sp³-hybridized carbons (Fsp3) is 0.533. The van der Waals surface area contributed by atoms with Crippen molar-refractivity contribution in [2.24, 2.45) is 17.5 Å². The molecule has 2 aromatic carbocycles. The van der Waals surface area contributed by atoms with E-state index in [-0.39, 0.29) is 55.9 Å². The molecule has 3 heterocycles. The van der Waals surface area contributed by atoms with E-state index in [2.05, 4.69) is 17.2 Å². The van der Waals surface area contributed by atoms with Crippen LogP contribution >= 0.6 is 0 Å². The van der Waals surface area contributed by atoms with Crippen molar-refractivity contribution in [3.8, 4) is 11.8 Å². The highest BCUT2D eigenvalue weighted by Crippen LogP contribution is 2.40. The van der Waals surface area contributed by atoms with Gasteiger partial charge in [0.05, 0.1) is 97.1 Å². The largest absolute Gasteiger partial charge is 0.465 e. The van der Waals surface area contributed by atoms with E-state index in [4.69, 9.17) is 44.7 Å². The van der Waals surface area contributed by atoms with E-state index in [9.17, 15) is 24.0 Å². The molecule has 0 bridgehead atoms. The molecule has 18 nitrogen and oxygen atoms in total. The van der Waals surface area contributed by atoms with Crippen LogP contribution in [-0.2, 0) is 54.1 Å². The van der Waals surface area contributed by atoms with Crippen LogP contribution in [0.5, 0.6) is 0 Å². The van der Waals surface area contributed by atoms with Gasteiger partial charge in [0, 0.05) is 60.9 Å². The zero-order valence-corrected chi connectivity index (χ0v) is 37.0. The molecule has 5 N–H and O–H groups in total. The standard InChI is InChI=1S/C43H56N6O12.C2H6/c1-29-25-47(30(2)50)37-10-9-32(43(54)55-3)24-35(37)40(29)49(45)26-33(44)28-61-23-22-60-21-20-59-19-18-58-17-16-57-15-14-56-13-5-7-31-6-4-8-34-36(31)27-48(42(34)53)38-11-12-39(51)46-41(38)52;1-2/h4,6,8-10,24,26,29,38,40H,11-23,25,27-28,44-45H2,1-3H3,(H,46,51,52);1-2H3/b33-26-;. The van der Waals surface area contributed by atoms with Crippen LogP contribution in [0.4, 0.5) is 5.69 Å². The highest BCUT2D eigenvalue weighted by molar-refractivity contribution is 6.05. The summed E-state index contributed by atoms with van der Waals surface area (Å²) < 4.78 is 38.3. The predicted octanol–water partition coefficient (Wildman–Crippen LogP) is 2.43. The Hall–Kier alpha value is -5.39. The first-order valence-corrected chi connectivity index (χ1v) is 21.2. The van der Waals surface area contributed by atoms with Crippen molar-refractivity contribution < 1.29 is 57.1 Å². The highest BCUT2D eigenvalue weighted by atomic mass is 16.6. The fourth-order valence-corrected chi connectivity index (χ4v) is 7.28. The maximum absolute atomic E-state index is 13.0. The number of piperidine rings is 1. The number of nitrogens with zero attached hydrogens (tertiary/aromatic N) is 3. The molecule has 0 spiro atoms. The molecular weight excluding hydrogens is 817 g/mol. The van der Waals surface area contributed by atoms with Crippen molar-refractivity contribution in [1.82, 2.24) is 15.2 Å². The maximum Gasteiger partial charge on any atom is 0.337 e. The number of amides is 4. The number of hydrazine groups is 1. The Kier molecular flexibility index (Phi) is 21.0. The molecule has 344 valence electrons. The summed E-state index contributed by atoms with van der Waals surface area (Å²) in [6.45, 7) is 12.3. The van der Waals surface area contributed by atoms with Crippen LogP contribution in [0.25, 0.3) is 0 Å². The van der Waals surface area contributed by atoms with E-state index < -0.39 is 17.9 Å². The van der Waals surface area contributed by atoms with Crippen LogP contribution < -0.4 is 21.8 Å². The molecule has 18 heteroatoms. The number of fused-ring (bicyclic) bond motifs is 2. The third kappa shape index (κ3) is 14.6. The van der Waals surface area contributed by atoms with Crippen molar-refractivity contribution in [3.05, 3.63) is 76.1 Å². The Balaban J connectivity index is 0.00000429. The van der Waals surface area contributed by atoms with Gasteiger partial charge < -0.3 is 53.7 Å². The lowest BCUT2D eigenvalue weighted by Crippen LogP contribution is -2.52. The van der Waals surface area contributed by atoms with Gasteiger partial charge in [-0.2, -0.15) is 0 Å². The van der Waals surface area contributed by atoms with Crippen molar-refractivity contribution in [2.75, 3.05) is 97.8 Å². The van der Waals surface area contributed by atoms with E-state index in [1.807, 2.05) is 26.8 Å². The number of hydrogen-bond donors (Lipinski definition) is 3. The van der Waals surface area contributed by atoms with E-state index >= 15 is 0 Å². The number of hydrogen-bond acceptors (Lipinski definition) is 15. The van der Waals surface area contributed by atoms with Crippen molar-refractivity contribution in [3.63, 3.8) is 0 Å². The first-order chi connectivity index (χ1) is 30.5. The van der Waals surface area contributed by atoms with Gasteiger partial charge >= 0.3 is 5.97 Å². The normalized spacial score (nSPS) is 18.1. The van der Waals surface area contributed by atoms with E-state index in [1.165, 1.54) is 23.9 Å². The number of rotatable bonds is 22. The number of esters is 1. The Morgan fingerprint density at radius 2 is 1.52 bits per heavy atom. The summed E-state index contributed by atoms with van der Waals surface area (Å²) in [7, 11) is 1.31. The first kappa shape index (κ1) is 50.3. The van der Waals surface area contributed by atoms with Gasteiger partial charge in [0.2, 0.25) is 17.7 Å². The highest BCUT2D eigenvalue weighted by Gasteiger charge is 2.40. The maximum atomic E-state index is 13.0. The number of benzene rings is 2. The minimum absolute atomic E-state index is 0.0720. The third-order valence-corrected chi connectivity index (χ3v) is 10.2. The van der Waals surface area contributed by atoms with E-state index in [0.29, 0.717) is 107 Å². The smallest absolute Gasteiger partial charge is 0.337 e. The molecule has 5 rings (SSSR count). The quantitative estimate of drug-likeness (QED) is 0.0386. The van der Waals surface area contributed by atoms with E-state index in [0.717, 1.165) is 11.1 Å². The summed E-state index contributed by atoms with van der Waals surface area (Å²) in [5.74, 6) is 10.9. The van der Waals surface area contributed by atoms with Gasteiger partial charge in [0.15, 0.2) is 0 Å². The molecule has 3 atom stereocenters. The molecule has 0 aliphatic carbocycles. The van der Waals surface area contributed by atoms with Gasteiger partial charge in [0.1, 0.15) is 12.6 Å². The number of nitrogens with one attached hydrogen (secondary N) is 1. The Labute approximate surface area is 369 Å². The average Bonchev–Trinajstić information content (AvgIpc) is 3.61. The third-order valence-electron chi connectivity index (χ3n) is 10.2. The topological polar surface area (TPSA) is 224 Å². The molecule has 3 unspecified atom stereocenters. The molecular formula is C45H62N6O12. The minimum Gasteiger partial charge on any atom is -0.465 e. The lowest BCUT2D eigenvalue weighted by Gasteiger charge is -2.42. The number of imide groups is 1. The predicted molar refractivity (Wildman–Crippen MR) is 232 cm³/mol. The number of carbonyl (C=O) groups is 5. The Bertz CT molecular complexity index is 1970. The monoisotopic (exact) mass is 878 g/mol. The molecule has 0 radical (unpaired) electrons. The molecule has 63 heavy (non-hydrogen) atoms. The van der Waals surface area contributed by atoms with Crippen molar-refractivity contribution >= 4 is 35.3 Å². The minimum atomic E-state index is -0.673. The Morgan fingerprint density at radius 3 is 2.13 bits per heavy atom. The lowest BCUT2D eigenvalue weighted by molar-refractivity contribution is -0.137. The summed E-state index contributed by atoms with van der Waals surface area (Å²) in [6.07, 6.45) is 2.11. The molecule has 1 fully saturated rings. The van der Waals surface area contributed by atoms with Gasteiger partial charge in [-0.3, -0.25) is 24.5 Å². The molecule has 0 saturated carbocycles. The molecule has 3 aliphatic rings. The molecule has 3 aliphatic heterocycles. The van der Waals surface area contributed by atoms with E-state index in [1.54, 1.807) is 41.4 Å². The van der Waals surface area contributed by atoms with Gasteiger partial charge in [-0.05, 0) is 42.3 Å². The average molecular weight is 879 g/mol. The molecule has 4 amide bonds. The Morgan fingerprint density at radius 1 is 0.905 bits per heavy atom. The lowest BCUT2D eigenvalue weighted by atomic mass is 9.86. The number of carbonyl (C=O) groups excluding carboxylic acids is 5. The summed E-state index contributed by atoms with van der Waals surface area (Å²) >= 11 is 0. The number of anilines is 1. The van der Waals surface area contributed by atoms with Crippen LogP contribution in [0, 0.1) is 17.8 Å². The molecule has 2 aromatic rings. The second-order valence-corrected chi connectivity index (χ2v) is 14.6. The summed E-state index contributed by atoms with van der Waals surface area (Å²) in [6, 6.07) is 9.36. The van der Waals surface area contributed by atoms with Gasteiger partial charge in [-0.25, -0.2) is 10.6 Å². The van der Waals surface area contributed by atoms with Gasteiger partial charge in [-0.15, -0.1) is 0 Å². The summed E-state index contributed by atoms with van der Waals surface area (Å²) in [5, 5.41) is 3.81. The summed E-state index contributed by atoms with van der Waals surface area (Å²) in [5.41, 5.74) is 10.4. The second kappa shape index (κ2) is 26.3. The first-order valence-electron chi connectivity index (χ1n) is 21.2. The van der Waals surface area contributed by atoms with Crippen LogP contribution in [0.3, 0.4) is 0 Å². The van der Waals surface area contributed by atoms with Gasteiger partial charge in [0.25, 0.3) is 5.91 Å².